The van der Waals surface area contributed by atoms with Gasteiger partial charge in [-0.05, 0) is 43.8 Å². The third-order valence-electron chi connectivity index (χ3n) is 4.76. The highest BCUT2D eigenvalue weighted by molar-refractivity contribution is 6.04. The Balaban J connectivity index is 1.89. The van der Waals surface area contributed by atoms with Gasteiger partial charge in [-0.3, -0.25) is 4.79 Å². The molecule has 0 atom stereocenters. The lowest BCUT2D eigenvalue weighted by molar-refractivity contribution is -0.127. The van der Waals surface area contributed by atoms with Crippen LogP contribution in [0.15, 0.2) is 42.5 Å². The van der Waals surface area contributed by atoms with Crippen molar-refractivity contribution in [1.29, 1.82) is 0 Å². The van der Waals surface area contributed by atoms with Gasteiger partial charge in [-0.1, -0.05) is 43.3 Å². The summed E-state index contributed by atoms with van der Waals surface area (Å²) in [5.41, 5.74) is 0.701. The molecule has 0 saturated carbocycles. The molecular weight excluding hydrogens is 260 g/mol. The number of fused-ring (bicyclic) bond motifs is 1. The van der Waals surface area contributed by atoms with Gasteiger partial charge < -0.3 is 10.6 Å². The minimum absolute atomic E-state index is 0.169. The molecule has 0 radical (unpaired) electrons. The first kappa shape index (κ1) is 14.1. The molecule has 21 heavy (non-hydrogen) atoms. The van der Waals surface area contributed by atoms with Crippen molar-refractivity contribution in [3.8, 4) is 0 Å². The average Bonchev–Trinajstić information content (AvgIpc) is 2.56. The smallest absolute Gasteiger partial charge is 0.230 e. The first-order chi connectivity index (χ1) is 10.2. The van der Waals surface area contributed by atoms with Gasteiger partial charge in [0, 0.05) is 11.1 Å². The number of hydrogen-bond donors (Lipinski definition) is 2. The molecule has 1 aliphatic rings. The summed E-state index contributed by atoms with van der Waals surface area (Å²) in [5, 5.41) is 8.79. The van der Waals surface area contributed by atoms with Crippen LogP contribution in [0.3, 0.4) is 0 Å². The first-order valence-electron chi connectivity index (χ1n) is 7.75. The van der Waals surface area contributed by atoms with Crippen LogP contribution in [0.2, 0.25) is 0 Å². The second kappa shape index (κ2) is 5.86. The minimum atomic E-state index is -0.220. The van der Waals surface area contributed by atoms with E-state index in [0.29, 0.717) is 0 Å². The van der Waals surface area contributed by atoms with E-state index < -0.39 is 0 Å². The van der Waals surface area contributed by atoms with E-state index in [2.05, 4.69) is 35.8 Å². The molecule has 1 heterocycles. The second-order valence-electron chi connectivity index (χ2n) is 5.86. The number of hydrogen-bond acceptors (Lipinski definition) is 2. The maximum absolute atomic E-state index is 12.8. The van der Waals surface area contributed by atoms with Crippen LogP contribution in [-0.2, 0) is 4.79 Å². The molecule has 3 nitrogen and oxygen atoms in total. The lowest BCUT2D eigenvalue weighted by atomic mass is 9.76. The highest BCUT2D eigenvalue weighted by Crippen LogP contribution is 2.34. The van der Waals surface area contributed by atoms with E-state index in [0.717, 1.165) is 48.8 Å². The molecule has 0 spiro atoms. The quantitative estimate of drug-likeness (QED) is 0.903. The van der Waals surface area contributed by atoms with Gasteiger partial charge in [-0.25, -0.2) is 0 Å². The zero-order valence-electron chi connectivity index (χ0n) is 12.5. The zero-order chi connectivity index (χ0) is 14.7. The highest BCUT2D eigenvalue weighted by atomic mass is 16.2. The number of amides is 1. The van der Waals surface area contributed by atoms with Crippen LogP contribution in [0.25, 0.3) is 10.8 Å². The largest absolute Gasteiger partial charge is 0.325 e. The summed E-state index contributed by atoms with van der Waals surface area (Å²) < 4.78 is 0. The fourth-order valence-corrected chi connectivity index (χ4v) is 3.24. The number of piperidine rings is 1. The standard InChI is InChI=1S/C18H22N2O/c1-2-18(10-12-19-13-11-18)17(21)20-16-9-5-7-14-6-3-4-8-15(14)16/h3-9,19H,2,10-13H2,1H3,(H,20,21). The van der Waals surface area contributed by atoms with Crippen molar-refractivity contribution >= 4 is 22.4 Å². The number of carbonyl (C=O) groups is 1. The Morgan fingerprint density at radius 1 is 1.14 bits per heavy atom. The fraction of sp³-hybridized carbons (Fsp3) is 0.389. The molecule has 2 aromatic rings. The van der Waals surface area contributed by atoms with Gasteiger partial charge in [0.15, 0.2) is 0 Å². The van der Waals surface area contributed by atoms with Gasteiger partial charge in [0.2, 0.25) is 5.91 Å². The fourth-order valence-electron chi connectivity index (χ4n) is 3.24. The van der Waals surface area contributed by atoms with Crippen LogP contribution in [0.4, 0.5) is 5.69 Å². The van der Waals surface area contributed by atoms with Crippen molar-refractivity contribution < 1.29 is 4.79 Å². The summed E-state index contributed by atoms with van der Waals surface area (Å²) in [7, 11) is 0. The van der Waals surface area contributed by atoms with E-state index in [-0.39, 0.29) is 11.3 Å². The van der Waals surface area contributed by atoms with E-state index in [1.807, 2.05) is 24.3 Å². The average molecular weight is 282 g/mol. The van der Waals surface area contributed by atoms with E-state index >= 15 is 0 Å². The number of anilines is 1. The third-order valence-corrected chi connectivity index (χ3v) is 4.76. The Kier molecular flexibility index (Phi) is 3.93. The summed E-state index contributed by atoms with van der Waals surface area (Å²) >= 11 is 0. The normalized spacial score (nSPS) is 17.6. The zero-order valence-corrected chi connectivity index (χ0v) is 12.5. The number of benzene rings is 2. The molecule has 0 bridgehead atoms. The van der Waals surface area contributed by atoms with Crippen LogP contribution >= 0.6 is 0 Å². The SMILES string of the molecule is CCC1(C(=O)Nc2cccc3ccccc23)CCNCC1. The van der Waals surface area contributed by atoms with Crippen molar-refractivity contribution in [3.05, 3.63) is 42.5 Å². The van der Waals surface area contributed by atoms with Crippen LogP contribution in [0, 0.1) is 5.41 Å². The van der Waals surface area contributed by atoms with Crippen LogP contribution in [0.5, 0.6) is 0 Å². The van der Waals surface area contributed by atoms with Gasteiger partial charge in [0.1, 0.15) is 0 Å². The van der Waals surface area contributed by atoms with Crippen LogP contribution in [-0.4, -0.2) is 19.0 Å². The van der Waals surface area contributed by atoms with E-state index in [4.69, 9.17) is 0 Å². The Bertz CT molecular complexity index is 639. The molecule has 2 aromatic carbocycles. The molecule has 3 heteroatoms. The van der Waals surface area contributed by atoms with Crippen molar-refractivity contribution in [2.45, 2.75) is 26.2 Å². The maximum atomic E-state index is 12.8. The summed E-state index contributed by atoms with van der Waals surface area (Å²) in [6.45, 7) is 3.97. The summed E-state index contributed by atoms with van der Waals surface area (Å²) in [4.78, 5) is 12.8. The Labute approximate surface area is 125 Å². The summed E-state index contributed by atoms with van der Waals surface area (Å²) in [6, 6.07) is 14.2. The van der Waals surface area contributed by atoms with E-state index in [1.54, 1.807) is 0 Å². The van der Waals surface area contributed by atoms with Crippen LogP contribution in [0.1, 0.15) is 26.2 Å². The van der Waals surface area contributed by atoms with Gasteiger partial charge in [0.25, 0.3) is 0 Å². The van der Waals surface area contributed by atoms with Gasteiger partial charge in [-0.2, -0.15) is 0 Å². The van der Waals surface area contributed by atoms with Crippen molar-refractivity contribution in [1.82, 2.24) is 5.32 Å². The predicted octanol–water partition coefficient (Wildman–Crippen LogP) is 3.56. The molecule has 1 saturated heterocycles. The molecule has 0 unspecified atom stereocenters. The number of nitrogens with one attached hydrogen (secondary N) is 2. The van der Waals surface area contributed by atoms with E-state index in [9.17, 15) is 4.79 Å². The predicted molar refractivity (Wildman–Crippen MR) is 87.4 cm³/mol. The lowest BCUT2D eigenvalue weighted by Gasteiger charge is -2.35. The molecule has 1 fully saturated rings. The Morgan fingerprint density at radius 2 is 1.86 bits per heavy atom. The summed E-state index contributed by atoms with van der Waals surface area (Å²) in [6.07, 6.45) is 2.73. The second-order valence-corrected chi connectivity index (χ2v) is 5.86. The maximum Gasteiger partial charge on any atom is 0.230 e. The van der Waals surface area contributed by atoms with E-state index in [1.165, 1.54) is 0 Å². The molecule has 1 aliphatic heterocycles. The molecule has 0 aliphatic carbocycles. The van der Waals surface area contributed by atoms with Gasteiger partial charge in [-0.15, -0.1) is 0 Å². The molecule has 110 valence electrons. The number of rotatable bonds is 3. The van der Waals surface area contributed by atoms with Crippen molar-refractivity contribution in [3.63, 3.8) is 0 Å². The topological polar surface area (TPSA) is 41.1 Å². The Hall–Kier alpha value is -1.87. The monoisotopic (exact) mass is 282 g/mol. The lowest BCUT2D eigenvalue weighted by Crippen LogP contribution is -2.44. The molecule has 0 aromatic heterocycles. The van der Waals surface area contributed by atoms with Crippen molar-refractivity contribution in [2.24, 2.45) is 5.41 Å². The van der Waals surface area contributed by atoms with Crippen molar-refractivity contribution in [2.75, 3.05) is 18.4 Å². The highest BCUT2D eigenvalue weighted by Gasteiger charge is 2.37. The molecule has 2 N–H and O–H groups in total. The van der Waals surface area contributed by atoms with Crippen LogP contribution < -0.4 is 10.6 Å². The third kappa shape index (κ3) is 2.66. The first-order valence-corrected chi connectivity index (χ1v) is 7.75. The minimum Gasteiger partial charge on any atom is -0.325 e. The Morgan fingerprint density at radius 3 is 2.62 bits per heavy atom. The van der Waals surface area contributed by atoms with Gasteiger partial charge in [0.05, 0.1) is 5.41 Å². The summed E-state index contributed by atoms with van der Waals surface area (Å²) in [5.74, 6) is 0.169. The number of carbonyl (C=O) groups excluding carboxylic acids is 1. The molecule has 3 rings (SSSR count). The molecule has 1 amide bonds. The molecular formula is C18H22N2O. The van der Waals surface area contributed by atoms with Gasteiger partial charge >= 0.3 is 0 Å².